The lowest BCUT2D eigenvalue weighted by atomic mass is 9.50. The zero-order valence-electron chi connectivity index (χ0n) is 46.5. The SMILES string of the molecule is CN1CC[C@]23c4c5ccc(O)c4O[C@H]2C(OC(=O)C[C@H](O)C(=O)O)=CC[C@@]3(OC(=O)C[C@H](O)C(=O)O)[C@H]1C5.Cc1ccc2c3c1O[C@H]1C(OC(=O)C[C@@H]4OC(C)(C)OC4=O)=CC[C@@]4(OC(=O)C[C@@H]5OC(C)(C)OC5=O)[C@@H](C2)N(C)CC[C@]314.Cl. The summed E-state index contributed by atoms with van der Waals surface area (Å²) in [5, 5.41) is 48.1. The number of likely N-dealkylation sites (tertiary alicyclic amines) is 2. The molecule has 0 saturated carbocycles. The number of carbonyl (C=O) groups is 8. The minimum Gasteiger partial charge on any atom is -0.504 e. The van der Waals surface area contributed by atoms with Crippen LogP contribution in [0.25, 0.3) is 0 Å². The van der Waals surface area contributed by atoms with Crippen molar-refractivity contribution in [2.24, 2.45) is 0 Å². The Bertz CT molecular complexity index is 3190. The zero-order chi connectivity index (χ0) is 59.0. The fourth-order valence-corrected chi connectivity index (χ4v) is 14.7. The van der Waals surface area contributed by atoms with E-state index in [4.69, 9.17) is 57.6 Å². The maximum Gasteiger partial charge on any atom is 0.338 e. The molecule has 26 heteroatoms. The summed E-state index contributed by atoms with van der Waals surface area (Å²) in [7, 11) is 3.88. The third-order valence-corrected chi connectivity index (χ3v) is 18.0. The molecule has 0 radical (unpaired) electrons. The van der Waals surface area contributed by atoms with Gasteiger partial charge in [0.15, 0.2) is 48.1 Å². The number of aromatic hydroxyl groups is 1. The molecule has 5 N–H and O–H groups in total. The number of likely N-dealkylation sites (N-methyl/N-ethyl adjacent to an activating group) is 2. The highest BCUT2D eigenvalue weighted by Crippen LogP contribution is 2.68. The summed E-state index contributed by atoms with van der Waals surface area (Å²) >= 11 is 0. The number of phenols is 1. The zero-order valence-corrected chi connectivity index (χ0v) is 47.3. The van der Waals surface area contributed by atoms with Crippen LogP contribution in [0.5, 0.6) is 17.2 Å². The lowest BCUT2D eigenvalue weighted by Crippen LogP contribution is -2.75. The second kappa shape index (κ2) is 20.7. The topological polar surface area (TPSA) is 336 Å². The van der Waals surface area contributed by atoms with E-state index in [2.05, 4.69) is 11.0 Å². The van der Waals surface area contributed by atoms with Gasteiger partial charge in [-0.05, 0) is 94.7 Å². The summed E-state index contributed by atoms with van der Waals surface area (Å²) in [6, 6.07) is 6.73. The van der Waals surface area contributed by atoms with E-state index in [-0.39, 0.29) is 61.4 Å². The van der Waals surface area contributed by atoms with Crippen LogP contribution >= 0.6 is 12.4 Å². The third-order valence-electron chi connectivity index (χ3n) is 18.0. The van der Waals surface area contributed by atoms with Crippen molar-refractivity contribution in [2.75, 3.05) is 27.2 Å². The summed E-state index contributed by atoms with van der Waals surface area (Å²) in [4.78, 5) is 104. The number of benzene rings is 2. The van der Waals surface area contributed by atoms with Gasteiger partial charge in [-0.3, -0.25) is 29.0 Å². The molecule has 25 nitrogen and oxygen atoms in total. The van der Waals surface area contributed by atoms with Gasteiger partial charge in [0.2, 0.25) is 11.6 Å². The number of ether oxygens (including phenoxy) is 10. The predicted molar refractivity (Wildman–Crippen MR) is 279 cm³/mol. The van der Waals surface area contributed by atoms with Gasteiger partial charge < -0.3 is 72.9 Å². The minimum atomic E-state index is -1.97. The molecule has 0 unspecified atom stereocenters. The first-order chi connectivity index (χ1) is 38.6. The number of rotatable bonds is 14. The van der Waals surface area contributed by atoms with Crippen LogP contribution in [0.3, 0.4) is 0 Å². The molecule has 0 aromatic heterocycles. The lowest BCUT2D eigenvalue weighted by Gasteiger charge is -2.62. The first kappa shape index (κ1) is 59.3. The molecular weight excluding hydrogens is 1120 g/mol. The molecule has 2 aromatic carbocycles. The van der Waals surface area contributed by atoms with Crippen molar-refractivity contribution in [3.05, 3.63) is 75.8 Å². The second-order valence-corrected chi connectivity index (χ2v) is 23.7. The molecule has 0 amide bonds. The molecule has 4 bridgehead atoms. The third kappa shape index (κ3) is 9.37. The second-order valence-electron chi connectivity index (χ2n) is 23.7. The standard InChI is InChI=1S/C32H37NO11.C25H27NO12.ClH/c1-16-7-8-17-13-21-32(42-23(35)15-20-28(37)44-30(4,5)41-20)10-9-18(38-22(34)14-19-27(36)43-29(2,3)40-19)26-31(32,11-12-33(21)6)24(17)25(16)39-26;1-26-7-6-24-19-11-2-3-12(27)20(19)37-21(24)15(36-17(30)9-13(28)22(32)33)4-5-25(24,16(26)8-11)38-18(31)10-14(29)23(34)35;/h7-9,19-21,26H,10-15H2,1-6H3;2-4,13-14,16,21,27-29H,5-10H2,1H3,(H,32,33)(H,34,35);1H/t19-,20-,21+,26-,31-,32+;13-,14-,16+,21-,24-,25+;/m00./s1. The fraction of sp³-hybridized carbons (Fsp3) is 0.579. The van der Waals surface area contributed by atoms with Gasteiger partial charge in [-0.2, -0.15) is 0 Å². The van der Waals surface area contributed by atoms with Gasteiger partial charge in [0.05, 0.1) is 48.6 Å². The number of hydrogen-bond donors (Lipinski definition) is 5. The van der Waals surface area contributed by atoms with Crippen molar-refractivity contribution < 1.29 is 111 Å². The number of aliphatic hydroxyl groups is 2. The van der Waals surface area contributed by atoms with Crippen LogP contribution in [-0.4, -0.2) is 182 Å². The molecule has 6 aliphatic heterocycles. The number of halogens is 1. The van der Waals surface area contributed by atoms with Crippen LogP contribution in [-0.2, 0) is 99.9 Å². The highest BCUT2D eigenvalue weighted by Gasteiger charge is 2.76. The van der Waals surface area contributed by atoms with Crippen LogP contribution in [0, 0.1) is 6.92 Å². The number of aliphatic hydroxyl groups excluding tert-OH is 2. The van der Waals surface area contributed by atoms with E-state index in [1.54, 1.807) is 39.8 Å². The van der Waals surface area contributed by atoms with Crippen LogP contribution in [0.4, 0.5) is 0 Å². The van der Waals surface area contributed by atoms with Crippen molar-refractivity contribution in [1.29, 1.82) is 0 Å². The van der Waals surface area contributed by atoms with E-state index in [1.807, 2.05) is 32.0 Å². The quantitative estimate of drug-likeness (QED) is 0.134. The summed E-state index contributed by atoms with van der Waals surface area (Å²) in [6.07, 6.45) is -4.64. The van der Waals surface area contributed by atoms with Gasteiger partial charge in [0.25, 0.3) is 0 Å². The van der Waals surface area contributed by atoms with Crippen LogP contribution in [0.1, 0.15) is 107 Å². The molecule has 2 aromatic rings. The molecular formula is C57H65ClN2O23. The number of nitrogens with zero attached hydrogens (tertiary/aromatic N) is 2. The number of carbonyl (C=O) groups excluding carboxylic acids is 6. The molecule has 4 aliphatic carbocycles. The van der Waals surface area contributed by atoms with E-state index >= 15 is 0 Å². The molecule has 10 aliphatic rings. The molecule has 2 spiro atoms. The Labute approximate surface area is 481 Å². The lowest BCUT2D eigenvalue weighted by molar-refractivity contribution is -0.209. The number of aryl methyl sites for hydroxylation is 1. The number of aliphatic carboxylic acids is 2. The number of phenolic OH excluding ortho intramolecular Hbond substituents is 1. The molecule has 448 valence electrons. The Kier molecular flexibility index (Phi) is 14.8. The minimum absolute atomic E-state index is 0. The number of piperidine rings is 2. The number of carboxylic acid groups (broad SMARTS) is 2. The van der Waals surface area contributed by atoms with E-state index in [1.165, 1.54) is 12.1 Å². The normalized spacial score (nSPS) is 32.7. The molecule has 12 rings (SSSR count). The summed E-state index contributed by atoms with van der Waals surface area (Å²) in [5.41, 5.74) is 0.0115. The van der Waals surface area contributed by atoms with E-state index < -0.39 is 137 Å². The Morgan fingerprint density at radius 2 is 1.07 bits per heavy atom. The summed E-state index contributed by atoms with van der Waals surface area (Å²) in [5.74, 6) is -8.81. The molecule has 6 heterocycles. The highest BCUT2D eigenvalue weighted by molar-refractivity contribution is 5.86. The van der Waals surface area contributed by atoms with E-state index in [0.717, 1.165) is 22.3 Å². The summed E-state index contributed by atoms with van der Waals surface area (Å²) in [6.45, 7) is 9.62. The maximum absolute atomic E-state index is 13.7. The molecule has 4 saturated heterocycles. The van der Waals surface area contributed by atoms with Gasteiger partial charge in [-0.15, -0.1) is 12.4 Å². The van der Waals surface area contributed by atoms with Gasteiger partial charge >= 0.3 is 47.8 Å². The first-order valence-corrected chi connectivity index (χ1v) is 27.2. The van der Waals surface area contributed by atoms with Gasteiger partial charge in [0, 0.05) is 51.7 Å². The average molecular weight is 1180 g/mol. The van der Waals surface area contributed by atoms with E-state index in [0.29, 0.717) is 55.8 Å². The predicted octanol–water partition coefficient (Wildman–Crippen LogP) is 2.36. The van der Waals surface area contributed by atoms with Crippen molar-refractivity contribution in [3.8, 4) is 17.2 Å². The number of carboxylic acids is 2. The smallest absolute Gasteiger partial charge is 0.338 e. The van der Waals surface area contributed by atoms with Crippen molar-refractivity contribution in [2.45, 2.75) is 181 Å². The molecule has 12 atom stereocenters. The Balaban J connectivity index is 0.000000185. The van der Waals surface area contributed by atoms with E-state index in [9.17, 15) is 53.7 Å². The monoisotopic (exact) mass is 1180 g/mol. The Morgan fingerprint density at radius 3 is 1.55 bits per heavy atom. The van der Waals surface area contributed by atoms with Crippen LogP contribution < -0.4 is 9.47 Å². The Hall–Kier alpha value is -6.87. The largest absolute Gasteiger partial charge is 0.504 e. The maximum atomic E-state index is 13.7. The van der Waals surface area contributed by atoms with Gasteiger partial charge in [-0.25, -0.2) is 19.2 Å². The number of cyclic esters (lactones) is 2. The summed E-state index contributed by atoms with van der Waals surface area (Å²) < 4.78 is 58.8. The van der Waals surface area contributed by atoms with Gasteiger partial charge in [-0.1, -0.05) is 18.2 Å². The van der Waals surface area contributed by atoms with Gasteiger partial charge in [0.1, 0.15) is 28.5 Å². The van der Waals surface area contributed by atoms with Crippen molar-refractivity contribution in [1.82, 2.24) is 9.80 Å². The molecule has 83 heavy (non-hydrogen) atoms. The molecule has 4 fully saturated rings. The number of esters is 6. The average Bonchev–Trinajstić information content (AvgIpc) is 1.69. The fourth-order valence-electron chi connectivity index (χ4n) is 14.7. The Morgan fingerprint density at radius 1 is 0.639 bits per heavy atom. The number of hydrogen-bond acceptors (Lipinski definition) is 23. The van der Waals surface area contributed by atoms with Crippen LogP contribution in [0.15, 0.2) is 47.9 Å². The highest BCUT2D eigenvalue weighted by atomic mass is 35.5. The van der Waals surface area contributed by atoms with Crippen LogP contribution in [0.2, 0.25) is 0 Å². The van der Waals surface area contributed by atoms with Crippen molar-refractivity contribution in [3.63, 3.8) is 0 Å². The first-order valence-electron chi connectivity index (χ1n) is 27.2. The van der Waals surface area contributed by atoms with Crippen molar-refractivity contribution >= 4 is 60.2 Å².